The van der Waals surface area contributed by atoms with Gasteiger partial charge in [0.15, 0.2) is 0 Å². The van der Waals surface area contributed by atoms with Crippen LogP contribution in [0.5, 0.6) is 0 Å². The van der Waals surface area contributed by atoms with Crippen LogP contribution in [0.25, 0.3) is 0 Å². The number of nitrogens with one attached hydrogen (secondary N) is 1. The van der Waals surface area contributed by atoms with E-state index in [1.165, 1.54) is 58.5 Å². The van der Waals surface area contributed by atoms with E-state index in [-0.39, 0.29) is 0 Å². The fourth-order valence-electron chi connectivity index (χ4n) is 4.70. The van der Waals surface area contributed by atoms with E-state index in [0.717, 1.165) is 23.9 Å². The molecule has 2 saturated heterocycles. The van der Waals surface area contributed by atoms with Crippen molar-refractivity contribution < 1.29 is 0 Å². The minimum atomic E-state index is 0.885. The Bertz CT molecular complexity index is 281. The zero-order valence-electron chi connectivity index (χ0n) is 10.8. The SMILES string of the molecule is C1CN(C2CN(C3CC4CCC3C4)C2)CCN1. The van der Waals surface area contributed by atoms with E-state index >= 15 is 0 Å². The van der Waals surface area contributed by atoms with Crippen molar-refractivity contribution in [1.82, 2.24) is 15.1 Å². The Morgan fingerprint density at radius 1 is 0.882 bits per heavy atom. The van der Waals surface area contributed by atoms with Gasteiger partial charge in [-0.2, -0.15) is 0 Å². The number of likely N-dealkylation sites (tertiary alicyclic amines) is 1. The van der Waals surface area contributed by atoms with Gasteiger partial charge in [-0.25, -0.2) is 0 Å². The van der Waals surface area contributed by atoms with Gasteiger partial charge in [-0.1, -0.05) is 6.42 Å². The average Bonchev–Trinajstić information content (AvgIpc) is 2.91. The first kappa shape index (κ1) is 10.8. The molecule has 0 radical (unpaired) electrons. The lowest BCUT2D eigenvalue weighted by atomic mass is 9.90. The molecule has 3 heteroatoms. The smallest absolute Gasteiger partial charge is 0.0351 e. The van der Waals surface area contributed by atoms with Crippen LogP contribution in [0.4, 0.5) is 0 Å². The second-order valence-electron chi connectivity index (χ2n) is 6.64. The van der Waals surface area contributed by atoms with Crippen LogP contribution in [0.1, 0.15) is 25.7 Å². The van der Waals surface area contributed by atoms with E-state index in [0.29, 0.717) is 0 Å². The molecular formula is C14H25N3. The molecule has 1 N–H and O–H groups in total. The van der Waals surface area contributed by atoms with Gasteiger partial charge in [0.25, 0.3) is 0 Å². The zero-order chi connectivity index (χ0) is 11.2. The van der Waals surface area contributed by atoms with Crippen molar-refractivity contribution in [2.45, 2.75) is 37.8 Å². The van der Waals surface area contributed by atoms with Crippen molar-refractivity contribution in [3.8, 4) is 0 Å². The fraction of sp³-hybridized carbons (Fsp3) is 1.00. The number of fused-ring (bicyclic) bond motifs is 2. The third kappa shape index (κ3) is 1.83. The Hall–Kier alpha value is -0.120. The fourth-order valence-corrected chi connectivity index (χ4v) is 4.70. The molecule has 4 fully saturated rings. The lowest BCUT2D eigenvalue weighted by Crippen LogP contribution is -2.65. The number of rotatable bonds is 2. The molecule has 0 spiro atoms. The van der Waals surface area contributed by atoms with E-state index in [1.807, 2.05) is 0 Å². The molecule has 0 aromatic heterocycles. The quantitative estimate of drug-likeness (QED) is 0.762. The maximum atomic E-state index is 3.45. The van der Waals surface area contributed by atoms with Crippen molar-refractivity contribution in [3.05, 3.63) is 0 Å². The molecule has 0 amide bonds. The number of hydrogen-bond acceptors (Lipinski definition) is 3. The molecule has 2 bridgehead atoms. The maximum Gasteiger partial charge on any atom is 0.0351 e. The van der Waals surface area contributed by atoms with E-state index in [1.54, 1.807) is 6.42 Å². The van der Waals surface area contributed by atoms with E-state index < -0.39 is 0 Å². The monoisotopic (exact) mass is 235 g/mol. The highest BCUT2D eigenvalue weighted by molar-refractivity contribution is 5.01. The van der Waals surface area contributed by atoms with Gasteiger partial charge in [0.1, 0.15) is 0 Å². The Kier molecular flexibility index (Phi) is 2.67. The molecular weight excluding hydrogens is 210 g/mol. The van der Waals surface area contributed by atoms with E-state index in [2.05, 4.69) is 15.1 Å². The summed E-state index contributed by atoms with van der Waals surface area (Å²) < 4.78 is 0. The molecule has 3 nitrogen and oxygen atoms in total. The Morgan fingerprint density at radius 2 is 1.71 bits per heavy atom. The first-order chi connectivity index (χ1) is 8.40. The summed E-state index contributed by atoms with van der Waals surface area (Å²) in [5.74, 6) is 2.17. The summed E-state index contributed by atoms with van der Waals surface area (Å²) in [5, 5.41) is 3.45. The van der Waals surface area contributed by atoms with Crippen LogP contribution in [0.2, 0.25) is 0 Å². The molecule has 2 aliphatic carbocycles. The van der Waals surface area contributed by atoms with Crippen LogP contribution in [-0.4, -0.2) is 61.2 Å². The van der Waals surface area contributed by atoms with Crippen LogP contribution < -0.4 is 5.32 Å². The van der Waals surface area contributed by atoms with Gasteiger partial charge in [0, 0.05) is 51.4 Å². The minimum Gasteiger partial charge on any atom is -0.314 e. The molecule has 2 saturated carbocycles. The van der Waals surface area contributed by atoms with Gasteiger partial charge in [0.05, 0.1) is 0 Å². The zero-order valence-corrected chi connectivity index (χ0v) is 10.8. The van der Waals surface area contributed by atoms with Crippen LogP contribution in [0, 0.1) is 11.8 Å². The predicted molar refractivity (Wildman–Crippen MR) is 69.0 cm³/mol. The molecule has 4 rings (SSSR count). The topological polar surface area (TPSA) is 18.5 Å². The van der Waals surface area contributed by atoms with Gasteiger partial charge >= 0.3 is 0 Å². The first-order valence-corrected chi connectivity index (χ1v) is 7.59. The van der Waals surface area contributed by atoms with Crippen LogP contribution in [0.15, 0.2) is 0 Å². The van der Waals surface area contributed by atoms with Crippen LogP contribution in [-0.2, 0) is 0 Å². The molecule has 2 aliphatic heterocycles. The lowest BCUT2D eigenvalue weighted by Gasteiger charge is -2.51. The molecule has 2 heterocycles. The Labute approximate surface area is 105 Å². The van der Waals surface area contributed by atoms with Crippen molar-refractivity contribution in [2.75, 3.05) is 39.3 Å². The normalized spacial score (nSPS) is 44.1. The van der Waals surface area contributed by atoms with Gasteiger partial charge in [0.2, 0.25) is 0 Å². The average molecular weight is 235 g/mol. The summed E-state index contributed by atoms with van der Waals surface area (Å²) in [6.07, 6.45) is 6.15. The van der Waals surface area contributed by atoms with Crippen LogP contribution >= 0.6 is 0 Å². The minimum absolute atomic E-state index is 0.885. The predicted octanol–water partition coefficient (Wildman–Crippen LogP) is 0.764. The van der Waals surface area contributed by atoms with Crippen molar-refractivity contribution in [2.24, 2.45) is 11.8 Å². The number of piperazine rings is 1. The summed E-state index contributed by atoms with van der Waals surface area (Å²) >= 11 is 0. The molecule has 0 aromatic carbocycles. The largest absolute Gasteiger partial charge is 0.314 e. The standard InChI is InChI=1S/C14H25N3/c1-2-12-7-11(1)8-14(12)17-9-13(10-17)16-5-3-15-4-6-16/h11-15H,1-10H2. The summed E-state index contributed by atoms with van der Waals surface area (Å²) in [5.41, 5.74) is 0. The van der Waals surface area contributed by atoms with E-state index in [4.69, 9.17) is 0 Å². The number of nitrogens with zero attached hydrogens (tertiary/aromatic N) is 2. The maximum absolute atomic E-state index is 3.45. The van der Waals surface area contributed by atoms with Crippen molar-refractivity contribution >= 4 is 0 Å². The number of hydrogen-bond donors (Lipinski definition) is 1. The Balaban J connectivity index is 1.30. The molecule has 3 unspecified atom stereocenters. The van der Waals surface area contributed by atoms with Crippen LogP contribution in [0.3, 0.4) is 0 Å². The first-order valence-electron chi connectivity index (χ1n) is 7.59. The van der Waals surface area contributed by atoms with Gasteiger partial charge in [-0.15, -0.1) is 0 Å². The highest BCUT2D eigenvalue weighted by Gasteiger charge is 2.46. The third-order valence-corrected chi connectivity index (χ3v) is 5.73. The highest BCUT2D eigenvalue weighted by atomic mass is 15.3. The van der Waals surface area contributed by atoms with Gasteiger partial charge < -0.3 is 5.32 Å². The summed E-state index contributed by atoms with van der Waals surface area (Å²) in [6, 6.07) is 1.86. The molecule has 0 aromatic rings. The summed E-state index contributed by atoms with van der Waals surface area (Å²) in [7, 11) is 0. The summed E-state index contributed by atoms with van der Waals surface area (Å²) in [6.45, 7) is 7.68. The van der Waals surface area contributed by atoms with Crippen molar-refractivity contribution in [3.63, 3.8) is 0 Å². The highest BCUT2D eigenvalue weighted by Crippen LogP contribution is 2.47. The van der Waals surface area contributed by atoms with Gasteiger partial charge in [-0.3, -0.25) is 9.80 Å². The molecule has 17 heavy (non-hydrogen) atoms. The van der Waals surface area contributed by atoms with Gasteiger partial charge in [-0.05, 0) is 31.1 Å². The summed E-state index contributed by atoms with van der Waals surface area (Å²) in [4.78, 5) is 5.51. The lowest BCUT2D eigenvalue weighted by molar-refractivity contribution is -0.0153. The molecule has 4 aliphatic rings. The second-order valence-corrected chi connectivity index (χ2v) is 6.64. The molecule has 3 atom stereocenters. The Morgan fingerprint density at radius 3 is 2.35 bits per heavy atom. The molecule has 96 valence electrons. The second kappa shape index (κ2) is 4.22. The van der Waals surface area contributed by atoms with Crippen molar-refractivity contribution in [1.29, 1.82) is 0 Å². The third-order valence-electron chi connectivity index (χ3n) is 5.73. The van der Waals surface area contributed by atoms with E-state index in [9.17, 15) is 0 Å².